The topological polar surface area (TPSA) is 34.1 Å². The van der Waals surface area contributed by atoms with E-state index < -0.39 is 21.4 Å². The van der Waals surface area contributed by atoms with Gasteiger partial charge in [-0.05, 0) is 0 Å². The van der Waals surface area contributed by atoms with Crippen LogP contribution in [0.1, 0.15) is 0 Å². The summed E-state index contributed by atoms with van der Waals surface area (Å²) in [5, 5.41) is 0. The van der Waals surface area contributed by atoms with E-state index in [1.54, 1.807) is 0 Å². The Balaban J connectivity index is 4.42. The summed E-state index contributed by atoms with van der Waals surface area (Å²) in [7, 11) is -5.48. The molecule has 0 heterocycles. The molecular formula is C2H2F4O2S. The molecule has 0 bridgehead atoms. The predicted molar refractivity (Wildman–Crippen MR) is 20.9 cm³/mol. The lowest BCUT2D eigenvalue weighted by atomic mass is 11.6. The van der Waals surface area contributed by atoms with E-state index in [1.807, 2.05) is 0 Å². The average molecular weight is 166 g/mol. The summed E-state index contributed by atoms with van der Waals surface area (Å²) in [5.74, 6) is -7.98. The van der Waals surface area contributed by atoms with Crippen molar-refractivity contribution in [2.75, 3.05) is 0 Å². The summed E-state index contributed by atoms with van der Waals surface area (Å²) in [5.41, 5.74) is 0. The Labute approximate surface area is 48.4 Å². The second kappa shape index (κ2) is 2.51. The Bertz CT molecular complexity index is 157. The molecule has 0 aliphatic heterocycles. The van der Waals surface area contributed by atoms with Crippen molar-refractivity contribution in [2.45, 2.75) is 11.5 Å². The highest BCUT2D eigenvalue weighted by Gasteiger charge is 2.34. The largest absolute Gasteiger partial charge is 0.342 e. The predicted octanol–water partition coefficient (Wildman–Crippen LogP) is 0.846. The van der Waals surface area contributed by atoms with E-state index in [4.69, 9.17) is 0 Å². The smallest absolute Gasteiger partial charge is 0.217 e. The molecule has 9 heavy (non-hydrogen) atoms. The minimum Gasteiger partial charge on any atom is -0.217 e. The maximum Gasteiger partial charge on any atom is 0.342 e. The van der Waals surface area contributed by atoms with Crippen LogP contribution in [0.4, 0.5) is 17.6 Å². The van der Waals surface area contributed by atoms with Gasteiger partial charge in [0.05, 0.1) is 0 Å². The molecule has 0 aromatic rings. The molecule has 0 N–H and O–H groups in total. The summed E-state index contributed by atoms with van der Waals surface area (Å²) in [4.78, 5) is 0. The molecule has 0 atom stereocenters. The molecule has 0 spiro atoms. The molecule has 0 aliphatic carbocycles. The standard InChI is InChI=1S/C2H2F4O2S/c3-1(4)9(7,8)2(5)6/h1-2H. The van der Waals surface area contributed by atoms with Gasteiger partial charge in [-0.2, -0.15) is 17.6 Å². The van der Waals surface area contributed by atoms with Gasteiger partial charge in [-0.15, -0.1) is 0 Å². The van der Waals surface area contributed by atoms with Crippen molar-refractivity contribution >= 4 is 9.84 Å². The fourth-order valence-corrected chi connectivity index (χ4v) is 0.233. The number of hydrogen-bond donors (Lipinski definition) is 0. The van der Waals surface area contributed by atoms with E-state index >= 15 is 0 Å². The molecule has 0 aromatic carbocycles. The van der Waals surface area contributed by atoms with E-state index in [0.717, 1.165) is 0 Å². The van der Waals surface area contributed by atoms with Gasteiger partial charge < -0.3 is 0 Å². The van der Waals surface area contributed by atoms with Crippen LogP contribution in [0.25, 0.3) is 0 Å². The van der Waals surface area contributed by atoms with Crippen LogP contribution in [0.2, 0.25) is 0 Å². The van der Waals surface area contributed by atoms with Crippen LogP contribution in [-0.4, -0.2) is 19.9 Å². The number of sulfone groups is 1. The van der Waals surface area contributed by atoms with Crippen molar-refractivity contribution < 1.29 is 26.0 Å². The van der Waals surface area contributed by atoms with Crippen LogP contribution in [0.15, 0.2) is 0 Å². The minimum atomic E-state index is -5.48. The van der Waals surface area contributed by atoms with Crippen LogP contribution < -0.4 is 0 Å². The van der Waals surface area contributed by atoms with Gasteiger partial charge in [0.2, 0.25) is 0 Å². The van der Waals surface area contributed by atoms with Crippen molar-refractivity contribution in [1.82, 2.24) is 0 Å². The van der Waals surface area contributed by atoms with Gasteiger partial charge in [0.1, 0.15) is 0 Å². The van der Waals surface area contributed by atoms with Crippen LogP contribution in [0, 0.1) is 0 Å². The Kier molecular flexibility index (Phi) is 2.41. The summed E-state index contributed by atoms with van der Waals surface area (Å²) in [6, 6.07) is 0. The Hall–Kier alpha value is -0.330. The molecular weight excluding hydrogens is 164 g/mol. The molecule has 0 aliphatic rings. The van der Waals surface area contributed by atoms with E-state index in [-0.39, 0.29) is 0 Å². The van der Waals surface area contributed by atoms with Crippen LogP contribution in [-0.2, 0) is 9.84 Å². The Morgan fingerprint density at radius 2 is 1.11 bits per heavy atom. The number of alkyl halides is 4. The third-order valence-electron chi connectivity index (χ3n) is 0.497. The lowest BCUT2D eigenvalue weighted by Gasteiger charge is -1.97. The molecule has 0 saturated heterocycles. The summed E-state index contributed by atoms with van der Waals surface area (Å²) in [6.07, 6.45) is 0. The van der Waals surface area contributed by atoms with Crippen molar-refractivity contribution in [3.8, 4) is 0 Å². The molecule has 2 nitrogen and oxygen atoms in total. The first-order valence-corrected chi connectivity index (χ1v) is 3.29. The molecule has 0 radical (unpaired) electrons. The normalized spacial score (nSPS) is 13.1. The third-order valence-corrected chi connectivity index (χ3v) is 1.49. The highest BCUT2D eigenvalue weighted by atomic mass is 32.2. The van der Waals surface area contributed by atoms with Gasteiger partial charge >= 0.3 is 11.5 Å². The van der Waals surface area contributed by atoms with Crippen molar-refractivity contribution in [1.29, 1.82) is 0 Å². The fourth-order valence-electron chi connectivity index (χ4n) is 0.0778. The molecule has 0 amide bonds. The molecule has 0 fully saturated rings. The van der Waals surface area contributed by atoms with E-state index in [1.165, 1.54) is 0 Å². The maximum absolute atomic E-state index is 11.0. The SMILES string of the molecule is O=S(=O)(C(F)F)C(F)F. The zero-order chi connectivity index (χ0) is 7.65. The number of rotatable bonds is 2. The Morgan fingerprint density at radius 1 is 0.889 bits per heavy atom. The van der Waals surface area contributed by atoms with Crippen molar-refractivity contribution in [3.05, 3.63) is 0 Å². The van der Waals surface area contributed by atoms with Crippen molar-refractivity contribution in [2.24, 2.45) is 0 Å². The summed E-state index contributed by atoms with van der Waals surface area (Å²) >= 11 is 0. The minimum absolute atomic E-state index is 3.99. The molecule has 7 heteroatoms. The Morgan fingerprint density at radius 3 is 1.11 bits per heavy atom. The highest BCUT2D eigenvalue weighted by Crippen LogP contribution is 2.13. The zero-order valence-corrected chi connectivity index (χ0v) is 4.71. The lowest BCUT2D eigenvalue weighted by molar-refractivity contribution is 0.190. The van der Waals surface area contributed by atoms with Gasteiger partial charge in [0.15, 0.2) is 0 Å². The average Bonchev–Trinajstić information content (AvgIpc) is 1.65. The first-order valence-electron chi connectivity index (χ1n) is 1.68. The van der Waals surface area contributed by atoms with Gasteiger partial charge in [0, 0.05) is 0 Å². The van der Waals surface area contributed by atoms with Crippen LogP contribution in [0.5, 0.6) is 0 Å². The van der Waals surface area contributed by atoms with E-state index in [2.05, 4.69) is 0 Å². The second-order valence-corrected chi connectivity index (χ2v) is 3.00. The molecule has 56 valence electrons. The molecule has 0 unspecified atom stereocenters. The van der Waals surface area contributed by atoms with Crippen molar-refractivity contribution in [3.63, 3.8) is 0 Å². The molecule has 0 aromatic heterocycles. The van der Waals surface area contributed by atoms with E-state index in [0.29, 0.717) is 0 Å². The quantitative estimate of drug-likeness (QED) is 0.570. The van der Waals surface area contributed by atoms with Gasteiger partial charge in [-0.1, -0.05) is 0 Å². The fraction of sp³-hybridized carbons (Fsp3) is 1.00. The van der Waals surface area contributed by atoms with Crippen LogP contribution >= 0.6 is 0 Å². The first-order chi connectivity index (χ1) is 3.89. The maximum atomic E-state index is 11.0. The number of hydrogen-bond acceptors (Lipinski definition) is 2. The molecule has 0 rings (SSSR count). The first kappa shape index (κ1) is 8.67. The second-order valence-electron chi connectivity index (χ2n) is 1.11. The summed E-state index contributed by atoms with van der Waals surface area (Å²) in [6.45, 7) is 0. The molecule has 0 saturated carbocycles. The lowest BCUT2D eigenvalue weighted by Crippen LogP contribution is -2.19. The van der Waals surface area contributed by atoms with Gasteiger partial charge in [0.25, 0.3) is 9.84 Å². The number of halogens is 4. The van der Waals surface area contributed by atoms with E-state index in [9.17, 15) is 26.0 Å². The van der Waals surface area contributed by atoms with Gasteiger partial charge in [-0.3, -0.25) is 0 Å². The third kappa shape index (κ3) is 1.81. The summed E-state index contributed by atoms with van der Waals surface area (Å²) < 4.78 is 63.0. The monoisotopic (exact) mass is 166 g/mol. The van der Waals surface area contributed by atoms with Gasteiger partial charge in [-0.25, -0.2) is 8.42 Å². The highest BCUT2D eigenvalue weighted by molar-refractivity contribution is 7.91. The zero-order valence-electron chi connectivity index (χ0n) is 3.89. The van der Waals surface area contributed by atoms with Crippen LogP contribution in [0.3, 0.4) is 0 Å².